The van der Waals surface area contributed by atoms with Gasteiger partial charge in [-0.3, -0.25) is 0 Å². The van der Waals surface area contributed by atoms with E-state index in [1.54, 1.807) is 0 Å². The van der Waals surface area contributed by atoms with Crippen LogP contribution in [-0.2, 0) is 18.8 Å². The van der Waals surface area contributed by atoms with Gasteiger partial charge in [-0.2, -0.15) is 0 Å². The molecule has 0 saturated carbocycles. The molecular weight excluding hydrogens is 274 g/mol. The summed E-state index contributed by atoms with van der Waals surface area (Å²) < 4.78 is 14.9. The molecular formula is C4H8N2NaO9P. The fourth-order valence-corrected chi connectivity index (χ4v) is 1.53. The standard InChI is InChI=1S/C4H9N2O9P.Na/c1-13-16(11,12)3-4(15-6(9)10)2-14-5(7)8;/h4H,2-3H2,1H3,(H,11,12);/q;+1/p-1. The van der Waals surface area contributed by atoms with Crippen LogP contribution < -0.4 is 34.5 Å². The van der Waals surface area contributed by atoms with E-state index in [4.69, 9.17) is 0 Å². The Morgan fingerprint density at radius 3 is 2.18 bits per heavy atom. The molecule has 0 N–H and O–H groups in total. The Kier molecular flexibility index (Phi) is 9.58. The van der Waals surface area contributed by atoms with Crippen molar-refractivity contribution in [2.45, 2.75) is 6.10 Å². The molecule has 11 nitrogen and oxygen atoms in total. The second-order valence-electron chi connectivity index (χ2n) is 2.45. The summed E-state index contributed by atoms with van der Waals surface area (Å²) in [7, 11) is -3.48. The molecule has 0 aromatic heterocycles. The van der Waals surface area contributed by atoms with Crippen molar-refractivity contribution in [2.24, 2.45) is 0 Å². The summed E-state index contributed by atoms with van der Waals surface area (Å²) >= 11 is 0. The normalized spacial score (nSPS) is 14.9. The topological polar surface area (TPSA) is 154 Å². The Hall–Kier alpha value is -0.450. The van der Waals surface area contributed by atoms with Gasteiger partial charge in [-0.25, -0.2) is 0 Å². The van der Waals surface area contributed by atoms with E-state index >= 15 is 0 Å². The van der Waals surface area contributed by atoms with E-state index in [9.17, 15) is 29.7 Å². The fraction of sp³-hybridized carbons (Fsp3) is 1.00. The molecule has 0 aliphatic rings. The van der Waals surface area contributed by atoms with E-state index in [0.29, 0.717) is 0 Å². The summed E-state index contributed by atoms with van der Waals surface area (Å²) in [6, 6.07) is 0. The van der Waals surface area contributed by atoms with Crippen LogP contribution in [-0.4, -0.2) is 36.2 Å². The molecule has 0 radical (unpaired) electrons. The minimum Gasteiger partial charge on any atom is -0.778 e. The van der Waals surface area contributed by atoms with Crippen LogP contribution in [0.4, 0.5) is 0 Å². The number of hydrogen-bond acceptors (Lipinski definition) is 9. The number of rotatable bonds is 8. The predicted molar refractivity (Wildman–Crippen MR) is 44.3 cm³/mol. The number of hydrogen-bond donors (Lipinski definition) is 0. The van der Waals surface area contributed by atoms with Gasteiger partial charge in [-0.15, -0.1) is 20.2 Å². The smallest absolute Gasteiger partial charge is 0.778 e. The largest absolute Gasteiger partial charge is 1.00 e. The monoisotopic (exact) mass is 282 g/mol. The molecule has 0 bridgehead atoms. The van der Waals surface area contributed by atoms with Crippen molar-refractivity contribution >= 4 is 7.60 Å². The molecule has 0 amide bonds. The maximum atomic E-state index is 10.9. The average Bonchev–Trinajstić information content (AvgIpc) is 2.13. The molecule has 2 unspecified atom stereocenters. The van der Waals surface area contributed by atoms with Gasteiger partial charge in [0.05, 0.1) is 0 Å². The molecule has 2 atom stereocenters. The van der Waals surface area contributed by atoms with Crippen molar-refractivity contribution in [2.75, 3.05) is 19.9 Å². The Morgan fingerprint density at radius 1 is 1.29 bits per heavy atom. The van der Waals surface area contributed by atoms with Crippen LogP contribution in [0, 0.1) is 20.2 Å². The zero-order chi connectivity index (χ0) is 12.8. The van der Waals surface area contributed by atoms with E-state index in [1.165, 1.54) is 0 Å². The second kappa shape index (κ2) is 8.61. The summed E-state index contributed by atoms with van der Waals surface area (Å²) in [6.45, 7) is -0.885. The van der Waals surface area contributed by atoms with E-state index in [2.05, 4.69) is 14.2 Å². The van der Waals surface area contributed by atoms with Crippen LogP contribution in [0.25, 0.3) is 0 Å². The first-order valence-electron chi connectivity index (χ1n) is 3.71. The molecule has 94 valence electrons. The minimum absolute atomic E-state index is 0. The predicted octanol–water partition coefficient (Wildman–Crippen LogP) is -4.02. The van der Waals surface area contributed by atoms with Crippen molar-refractivity contribution in [1.82, 2.24) is 0 Å². The van der Waals surface area contributed by atoms with E-state index in [1.807, 2.05) is 0 Å². The average molecular weight is 282 g/mol. The summed E-state index contributed by atoms with van der Waals surface area (Å²) in [5.74, 6) is 0. The minimum atomic E-state index is -4.33. The Labute approximate surface area is 117 Å². The van der Waals surface area contributed by atoms with Crippen LogP contribution in [0.3, 0.4) is 0 Å². The van der Waals surface area contributed by atoms with Gasteiger partial charge in [0.15, 0.2) is 0 Å². The summed E-state index contributed by atoms with van der Waals surface area (Å²) in [5.41, 5.74) is 0. The molecule has 0 aromatic carbocycles. The van der Waals surface area contributed by atoms with Crippen molar-refractivity contribution in [3.63, 3.8) is 0 Å². The van der Waals surface area contributed by atoms with Crippen LogP contribution in [0.5, 0.6) is 0 Å². The van der Waals surface area contributed by atoms with Gasteiger partial charge in [0.25, 0.3) is 10.2 Å². The van der Waals surface area contributed by atoms with Crippen LogP contribution in [0.1, 0.15) is 0 Å². The van der Waals surface area contributed by atoms with Crippen molar-refractivity contribution < 1.29 is 63.4 Å². The van der Waals surface area contributed by atoms with Crippen LogP contribution >= 0.6 is 7.60 Å². The first-order valence-corrected chi connectivity index (χ1v) is 5.44. The molecule has 17 heavy (non-hydrogen) atoms. The summed E-state index contributed by atoms with van der Waals surface area (Å²) in [4.78, 5) is 38.3. The van der Waals surface area contributed by atoms with Gasteiger partial charge in [0.1, 0.15) is 20.3 Å². The molecule has 0 rings (SSSR count). The Morgan fingerprint density at radius 2 is 1.82 bits per heavy atom. The van der Waals surface area contributed by atoms with Crippen molar-refractivity contribution in [1.29, 1.82) is 0 Å². The van der Waals surface area contributed by atoms with E-state index in [-0.39, 0.29) is 29.6 Å². The molecule has 0 aromatic rings. The SMILES string of the molecule is COP(=O)([O-])CC(CO[N+](=O)[O-])O[N+](=O)[O-].[Na+]. The zero-order valence-corrected chi connectivity index (χ0v) is 11.9. The molecule has 13 heteroatoms. The van der Waals surface area contributed by atoms with Gasteiger partial charge in [-0.05, 0) is 0 Å². The van der Waals surface area contributed by atoms with Gasteiger partial charge in [0.2, 0.25) is 0 Å². The Bertz CT molecular complexity index is 311. The second-order valence-corrected chi connectivity index (χ2v) is 4.40. The Balaban J connectivity index is 0. The van der Waals surface area contributed by atoms with Crippen LogP contribution in [0.2, 0.25) is 0 Å². The third-order valence-electron chi connectivity index (χ3n) is 1.31. The first-order chi connectivity index (χ1) is 7.26. The molecule has 0 heterocycles. The molecule has 0 saturated heterocycles. The fourth-order valence-electron chi connectivity index (χ4n) is 0.706. The summed E-state index contributed by atoms with van der Waals surface area (Å²) in [5, 5.41) is 17.3. The molecule has 0 fully saturated rings. The molecule has 0 spiro atoms. The third-order valence-corrected chi connectivity index (χ3v) is 2.72. The number of nitrogens with zero attached hydrogens (tertiary/aromatic N) is 2. The van der Waals surface area contributed by atoms with Gasteiger partial charge < -0.3 is 23.7 Å². The molecule has 0 aliphatic carbocycles. The van der Waals surface area contributed by atoms with Gasteiger partial charge in [-0.1, -0.05) is 0 Å². The summed E-state index contributed by atoms with van der Waals surface area (Å²) in [6.07, 6.45) is -2.53. The van der Waals surface area contributed by atoms with Gasteiger partial charge >= 0.3 is 29.6 Å². The van der Waals surface area contributed by atoms with E-state index in [0.717, 1.165) is 7.11 Å². The van der Waals surface area contributed by atoms with Crippen molar-refractivity contribution in [3.05, 3.63) is 20.2 Å². The first kappa shape index (κ1) is 18.9. The third kappa shape index (κ3) is 10.4. The van der Waals surface area contributed by atoms with Crippen LogP contribution in [0.15, 0.2) is 0 Å². The van der Waals surface area contributed by atoms with E-state index < -0.39 is 36.6 Å². The maximum Gasteiger partial charge on any atom is 1.00 e. The zero-order valence-electron chi connectivity index (χ0n) is 9.01. The van der Waals surface area contributed by atoms with Gasteiger partial charge in [0, 0.05) is 13.3 Å². The maximum absolute atomic E-state index is 10.9. The van der Waals surface area contributed by atoms with Crippen molar-refractivity contribution in [3.8, 4) is 0 Å². The molecule has 0 aliphatic heterocycles. The quantitative estimate of drug-likeness (QED) is 0.187.